The van der Waals surface area contributed by atoms with Gasteiger partial charge in [-0.2, -0.15) is 0 Å². The van der Waals surface area contributed by atoms with E-state index < -0.39 is 5.91 Å². The van der Waals surface area contributed by atoms with Crippen molar-refractivity contribution in [2.24, 2.45) is 5.92 Å². The number of carbonyl (C=O) groups is 2. The van der Waals surface area contributed by atoms with E-state index in [0.29, 0.717) is 17.5 Å². The maximum atomic E-state index is 13.8. The Morgan fingerprint density at radius 3 is 2.64 bits per heavy atom. The molecule has 5 nitrogen and oxygen atoms in total. The molecule has 126 valence electrons. The lowest BCUT2D eigenvalue weighted by molar-refractivity contribution is -0.123. The highest BCUT2D eigenvalue weighted by Crippen LogP contribution is 2.48. The number of para-hydroxylation sites is 1. The molecule has 25 heavy (non-hydrogen) atoms. The van der Waals surface area contributed by atoms with Crippen molar-refractivity contribution >= 4 is 22.7 Å². The Morgan fingerprint density at radius 1 is 1.04 bits per heavy atom. The fraction of sp³-hybridized carbons (Fsp3) is 0.158. The van der Waals surface area contributed by atoms with Crippen molar-refractivity contribution in [2.45, 2.75) is 12.3 Å². The minimum atomic E-state index is -0.395. The Bertz CT molecular complexity index is 966. The van der Waals surface area contributed by atoms with E-state index in [1.807, 2.05) is 24.3 Å². The number of H-pyrrole nitrogens is 1. The molecule has 2 amide bonds. The van der Waals surface area contributed by atoms with Crippen LogP contribution in [0.15, 0.2) is 54.7 Å². The number of carbonyl (C=O) groups excluding carboxylic acids is 2. The Labute approximate surface area is 143 Å². The molecule has 0 bridgehead atoms. The van der Waals surface area contributed by atoms with E-state index in [1.54, 1.807) is 24.4 Å². The summed E-state index contributed by atoms with van der Waals surface area (Å²) in [5.74, 6) is -1.45. The van der Waals surface area contributed by atoms with Crippen molar-refractivity contribution in [3.8, 4) is 0 Å². The molecule has 1 aliphatic rings. The van der Waals surface area contributed by atoms with Gasteiger partial charge in [0.25, 0.3) is 5.91 Å². The van der Waals surface area contributed by atoms with Gasteiger partial charge in [-0.05, 0) is 30.0 Å². The van der Waals surface area contributed by atoms with Gasteiger partial charge in [0, 0.05) is 23.0 Å². The van der Waals surface area contributed by atoms with Gasteiger partial charge < -0.3 is 4.98 Å². The highest BCUT2D eigenvalue weighted by molar-refractivity contribution is 6.07. The zero-order valence-electron chi connectivity index (χ0n) is 13.3. The third kappa shape index (κ3) is 2.87. The van der Waals surface area contributed by atoms with E-state index in [4.69, 9.17) is 0 Å². The Morgan fingerprint density at radius 2 is 1.80 bits per heavy atom. The van der Waals surface area contributed by atoms with E-state index in [9.17, 15) is 14.0 Å². The van der Waals surface area contributed by atoms with Gasteiger partial charge in [-0.25, -0.2) is 4.39 Å². The lowest BCUT2D eigenvalue weighted by Gasteiger charge is -2.07. The van der Waals surface area contributed by atoms with Crippen molar-refractivity contribution < 1.29 is 14.0 Å². The van der Waals surface area contributed by atoms with Gasteiger partial charge in [-0.3, -0.25) is 20.4 Å². The van der Waals surface area contributed by atoms with E-state index >= 15 is 0 Å². The second-order valence-electron chi connectivity index (χ2n) is 6.16. The maximum absolute atomic E-state index is 13.8. The molecule has 2 unspecified atom stereocenters. The molecule has 1 heterocycles. The van der Waals surface area contributed by atoms with E-state index in [0.717, 1.165) is 10.9 Å². The summed E-state index contributed by atoms with van der Waals surface area (Å²) in [5, 5.41) is 0.782. The minimum absolute atomic E-state index is 0.133. The van der Waals surface area contributed by atoms with E-state index in [-0.39, 0.29) is 23.6 Å². The molecule has 1 fully saturated rings. The van der Waals surface area contributed by atoms with Crippen molar-refractivity contribution in [3.63, 3.8) is 0 Å². The molecule has 3 aromatic rings. The Kier molecular flexibility index (Phi) is 3.72. The van der Waals surface area contributed by atoms with Crippen LogP contribution in [-0.4, -0.2) is 16.8 Å². The highest BCUT2D eigenvalue weighted by atomic mass is 19.1. The van der Waals surface area contributed by atoms with Crippen molar-refractivity contribution in [1.82, 2.24) is 15.8 Å². The fourth-order valence-corrected chi connectivity index (χ4v) is 3.14. The Hall–Kier alpha value is -3.15. The smallest absolute Gasteiger partial charge is 0.271 e. The number of nitrogens with one attached hydrogen (secondary N) is 3. The van der Waals surface area contributed by atoms with Crippen LogP contribution in [0, 0.1) is 11.7 Å². The summed E-state index contributed by atoms with van der Waals surface area (Å²) in [7, 11) is 0. The molecule has 3 N–H and O–H groups in total. The highest BCUT2D eigenvalue weighted by Gasteiger charge is 2.45. The number of benzene rings is 2. The molecule has 1 saturated carbocycles. The molecule has 0 saturated heterocycles. The summed E-state index contributed by atoms with van der Waals surface area (Å²) in [5.41, 5.74) is 6.73. The molecule has 4 rings (SSSR count). The van der Waals surface area contributed by atoms with Crippen LogP contribution in [0.5, 0.6) is 0 Å². The summed E-state index contributed by atoms with van der Waals surface area (Å²) in [4.78, 5) is 27.5. The number of hydrogen-bond acceptors (Lipinski definition) is 2. The number of aromatic amines is 1. The molecular formula is C19H16FN3O2. The predicted octanol–water partition coefficient (Wildman–Crippen LogP) is 2.87. The lowest BCUT2D eigenvalue weighted by Crippen LogP contribution is -2.42. The van der Waals surface area contributed by atoms with Crippen LogP contribution in [0.1, 0.15) is 28.3 Å². The number of hydrazine groups is 1. The van der Waals surface area contributed by atoms with Gasteiger partial charge in [0.05, 0.1) is 5.56 Å². The van der Waals surface area contributed by atoms with Crippen molar-refractivity contribution in [2.75, 3.05) is 0 Å². The van der Waals surface area contributed by atoms with Gasteiger partial charge in [-0.1, -0.05) is 36.4 Å². The van der Waals surface area contributed by atoms with E-state index in [2.05, 4.69) is 15.8 Å². The molecule has 0 spiro atoms. The van der Waals surface area contributed by atoms with Crippen LogP contribution in [0.25, 0.3) is 10.9 Å². The maximum Gasteiger partial charge on any atom is 0.271 e. The van der Waals surface area contributed by atoms with Gasteiger partial charge >= 0.3 is 0 Å². The number of rotatable bonds is 3. The first-order chi connectivity index (χ1) is 12.1. The van der Waals surface area contributed by atoms with Crippen LogP contribution < -0.4 is 10.9 Å². The second kappa shape index (κ2) is 6.05. The summed E-state index contributed by atoms with van der Waals surface area (Å²) in [6, 6.07) is 13.9. The molecule has 0 radical (unpaired) electrons. The number of amides is 2. The fourth-order valence-electron chi connectivity index (χ4n) is 3.14. The Balaban J connectivity index is 1.38. The van der Waals surface area contributed by atoms with Crippen molar-refractivity contribution in [1.29, 1.82) is 0 Å². The topological polar surface area (TPSA) is 74.0 Å². The normalized spacial score (nSPS) is 18.8. The van der Waals surface area contributed by atoms with Crippen LogP contribution in [0.4, 0.5) is 4.39 Å². The lowest BCUT2D eigenvalue weighted by atomic mass is 10.1. The van der Waals surface area contributed by atoms with Crippen LogP contribution >= 0.6 is 0 Å². The molecule has 2 aromatic carbocycles. The molecule has 1 aliphatic carbocycles. The first kappa shape index (κ1) is 15.4. The van der Waals surface area contributed by atoms with E-state index in [1.165, 1.54) is 6.07 Å². The molecule has 1 aromatic heterocycles. The summed E-state index contributed by atoms with van der Waals surface area (Å²) >= 11 is 0. The minimum Gasteiger partial charge on any atom is -0.360 e. The van der Waals surface area contributed by atoms with Crippen LogP contribution in [0.3, 0.4) is 0 Å². The number of fused-ring (bicyclic) bond motifs is 1. The molecule has 6 heteroatoms. The standard InChI is InChI=1S/C19H16FN3O2/c20-16-7-3-1-5-11(16)13-9-14(13)18(24)22-23-19(25)15-10-21-17-8-4-2-6-12(15)17/h1-8,10,13-14,21H,9H2,(H,22,24)(H,23,25). The first-order valence-electron chi connectivity index (χ1n) is 8.06. The average molecular weight is 337 g/mol. The largest absolute Gasteiger partial charge is 0.360 e. The zero-order valence-corrected chi connectivity index (χ0v) is 13.3. The second-order valence-corrected chi connectivity index (χ2v) is 6.16. The monoisotopic (exact) mass is 337 g/mol. The van der Waals surface area contributed by atoms with Crippen LogP contribution in [0.2, 0.25) is 0 Å². The summed E-state index contributed by atoms with van der Waals surface area (Å²) in [6.45, 7) is 0. The van der Waals surface area contributed by atoms with Gasteiger partial charge in [0.15, 0.2) is 0 Å². The zero-order chi connectivity index (χ0) is 17.4. The number of halogens is 1. The average Bonchev–Trinajstić information content (AvgIpc) is 3.31. The summed E-state index contributed by atoms with van der Waals surface area (Å²) < 4.78 is 13.8. The summed E-state index contributed by atoms with van der Waals surface area (Å²) in [6.07, 6.45) is 2.18. The number of aromatic nitrogens is 1. The third-order valence-electron chi connectivity index (χ3n) is 4.57. The number of hydrogen-bond donors (Lipinski definition) is 3. The molecular weight excluding hydrogens is 321 g/mol. The van der Waals surface area contributed by atoms with Gasteiger partial charge in [0.1, 0.15) is 5.82 Å². The van der Waals surface area contributed by atoms with Gasteiger partial charge in [0.2, 0.25) is 5.91 Å². The quantitative estimate of drug-likeness (QED) is 0.643. The predicted molar refractivity (Wildman–Crippen MR) is 91.2 cm³/mol. The third-order valence-corrected chi connectivity index (χ3v) is 4.57. The first-order valence-corrected chi connectivity index (χ1v) is 8.06. The molecule has 2 atom stereocenters. The van der Waals surface area contributed by atoms with Gasteiger partial charge in [-0.15, -0.1) is 0 Å². The van der Waals surface area contributed by atoms with Crippen molar-refractivity contribution in [3.05, 3.63) is 71.7 Å². The SMILES string of the molecule is O=C(NNC(=O)C1CC1c1ccccc1F)c1c[nH]c2ccccc12. The van der Waals surface area contributed by atoms with Crippen LogP contribution in [-0.2, 0) is 4.79 Å². The molecule has 0 aliphatic heterocycles.